The van der Waals surface area contributed by atoms with Crippen LogP contribution in [0.2, 0.25) is 0 Å². The Morgan fingerprint density at radius 2 is 1.79 bits per heavy atom. The molecule has 0 fully saturated rings. The Kier molecular flexibility index (Phi) is 5.10. The van der Waals surface area contributed by atoms with E-state index in [0.29, 0.717) is 6.42 Å². The van der Waals surface area contributed by atoms with Gasteiger partial charge in [-0.2, -0.15) is 5.06 Å². The van der Waals surface area contributed by atoms with E-state index in [1.807, 2.05) is 51.1 Å². The zero-order chi connectivity index (χ0) is 14.5. The summed E-state index contributed by atoms with van der Waals surface area (Å²) in [5.41, 5.74) is 0.369. The van der Waals surface area contributed by atoms with Crippen molar-refractivity contribution in [2.75, 3.05) is 0 Å². The highest BCUT2D eigenvalue weighted by Gasteiger charge is 2.32. The van der Waals surface area contributed by atoms with Crippen LogP contribution in [0.3, 0.4) is 0 Å². The van der Waals surface area contributed by atoms with Gasteiger partial charge >= 0.3 is 5.97 Å². The zero-order valence-corrected chi connectivity index (χ0v) is 12.0. The lowest BCUT2D eigenvalue weighted by Gasteiger charge is -2.29. The summed E-state index contributed by atoms with van der Waals surface area (Å²) in [4.78, 5) is 28.6. The maximum Gasteiger partial charge on any atom is 0.329 e. The van der Waals surface area contributed by atoms with Gasteiger partial charge in [-0.05, 0) is 12.0 Å². The summed E-state index contributed by atoms with van der Waals surface area (Å²) < 4.78 is 0. The van der Waals surface area contributed by atoms with Crippen molar-refractivity contribution in [3.8, 4) is 0 Å². The smallest absolute Gasteiger partial charge is 0.329 e. The Labute approximate surface area is 114 Å². The summed E-state index contributed by atoms with van der Waals surface area (Å²) in [5.74, 6) is -0.676. The van der Waals surface area contributed by atoms with Crippen molar-refractivity contribution in [3.05, 3.63) is 35.9 Å². The van der Waals surface area contributed by atoms with Crippen LogP contribution in [0.5, 0.6) is 0 Å². The molecule has 0 unspecified atom stereocenters. The van der Waals surface area contributed by atoms with Gasteiger partial charge in [-0.15, -0.1) is 0 Å². The van der Waals surface area contributed by atoms with Crippen molar-refractivity contribution < 1.29 is 14.4 Å². The Hall–Kier alpha value is -1.84. The fraction of sp³-hybridized carbons (Fsp3) is 0.467. The molecule has 19 heavy (non-hydrogen) atoms. The van der Waals surface area contributed by atoms with Crippen LogP contribution >= 0.6 is 0 Å². The van der Waals surface area contributed by atoms with Crippen molar-refractivity contribution in [3.63, 3.8) is 0 Å². The molecule has 0 aliphatic rings. The molecule has 0 N–H and O–H groups in total. The van der Waals surface area contributed by atoms with Gasteiger partial charge in [0.05, 0.1) is 6.54 Å². The number of hydroxylamine groups is 2. The van der Waals surface area contributed by atoms with Crippen LogP contribution in [0, 0.1) is 5.41 Å². The van der Waals surface area contributed by atoms with E-state index in [9.17, 15) is 9.59 Å². The van der Waals surface area contributed by atoms with Gasteiger partial charge in [0, 0.05) is 12.3 Å². The molecule has 0 spiro atoms. The molecule has 1 aromatic rings. The summed E-state index contributed by atoms with van der Waals surface area (Å²) in [7, 11) is 0. The summed E-state index contributed by atoms with van der Waals surface area (Å²) in [5, 5.41) is 1.15. The fourth-order valence-electron chi connectivity index (χ4n) is 1.54. The molecule has 0 heterocycles. The standard InChI is InChI=1S/C15H21NO3/c1-5-15(3,4)14(18)16(19-12(2)17)11-13-9-7-6-8-10-13/h6-10H,5,11H2,1-4H3. The van der Waals surface area contributed by atoms with Crippen molar-refractivity contribution in [2.45, 2.75) is 40.7 Å². The molecule has 0 aromatic heterocycles. The third-order valence-electron chi connectivity index (χ3n) is 3.10. The summed E-state index contributed by atoms with van der Waals surface area (Å²) in [6, 6.07) is 9.45. The molecule has 4 nitrogen and oxygen atoms in total. The molecule has 1 aromatic carbocycles. The van der Waals surface area contributed by atoms with E-state index >= 15 is 0 Å². The van der Waals surface area contributed by atoms with Gasteiger partial charge in [-0.1, -0.05) is 51.1 Å². The molecule has 0 radical (unpaired) electrons. The van der Waals surface area contributed by atoms with Crippen molar-refractivity contribution in [1.82, 2.24) is 5.06 Å². The normalized spacial score (nSPS) is 10.9. The fourth-order valence-corrected chi connectivity index (χ4v) is 1.54. The van der Waals surface area contributed by atoms with E-state index in [1.165, 1.54) is 6.92 Å². The monoisotopic (exact) mass is 263 g/mol. The van der Waals surface area contributed by atoms with Gasteiger partial charge in [0.2, 0.25) is 0 Å². The Bertz CT molecular complexity index is 440. The molecule has 0 aliphatic carbocycles. The molecule has 0 saturated carbocycles. The average Bonchev–Trinajstić information content (AvgIpc) is 2.37. The van der Waals surface area contributed by atoms with Crippen LogP contribution in [0.25, 0.3) is 0 Å². The lowest BCUT2D eigenvalue weighted by atomic mass is 9.89. The molecule has 1 amide bonds. The van der Waals surface area contributed by atoms with Gasteiger partial charge in [0.15, 0.2) is 0 Å². The summed E-state index contributed by atoms with van der Waals surface area (Å²) >= 11 is 0. The predicted octanol–water partition coefficient (Wildman–Crippen LogP) is 2.93. The van der Waals surface area contributed by atoms with Crippen LogP contribution in [-0.4, -0.2) is 16.9 Å². The Balaban J connectivity index is 2.89. The Morgan fingerprint density at radius 1 is 1.21 bits per heavy atom. The summed E-state index contributed by atoms with van der Waals surface area (Å²) in [6.45, 7) is 7.19. The number of amides is 1. The molecule has 0 aliphatic heterocycles. The first-order valence-electron chi connectivity index (χ1n) is 6.41. The molecular formula is C15H21NO3. The zero-order valence-electron chi connectivity index (χ0n) is 12.0. The second-order valence-electron chi connectivity index (χ2n) is 5.15. The van der Waals surface area contributed by atoms with E-state index in [1.54, 1.807) is 0 Å². The second-order valence-corrected chi connectivity index (χ2v) is 5.15. The van der Waals surface area contributed by atoms with E-state index < -0.39 is 11.4 Å². The SMILES string of the molecule is CCC(C)(C)C(=O)N(Cc1ccccc1)OC(C)=O. The second kappa shape index (κ2) is 6.36. The minimum atomic E-state index is -0.551. The number of rotatable bonds is 4. The van der Waals surface area contributed by atoms with Crippen LogP contribution in [0.1, 0.15) is 39.7 Å². The van der Waals surface area contributed by atoms with Gasteiger partial charge in [-0.3, -0.25) is 9.59 Å². The number of hydrogen-bond acceptors (Lipinski definition) is 3. The molecule has 1 rings (SSSR count). The molecule has 104 valence electrons. The largest absolute Gasteiger partial charge is 0.338 e. The van der Waals surface area contributed by atoms with Crippen LogP contribution in [0.4, 0.5) is 0 Å². The highest BCUT2D eigenvalue weighted by molar-refractivity contribution is 5.82. The highest BCUT2D eigenvalue weighted by atomic mass is 16.7. The van der Waals surface area contributed by atoms with Crippen LogP contribution < -0.4 is 0 Å². The first-order valence-corrected chi connectivity index (χ1v) is 6.41. The third-order valence-corrected chi connectivity index (χ3v) is 3.10. The van der Waals surface area contributed by atoms with E-state index in [0.717, 1.165) is 10.6 Å². The van der Waals surface area contributed by atoms with E-state index in [2.05, 4.69) is 0 Å². The number of carbonyl (C=O) groups excluding carboxylic acids is 2. The molecule has 4 heteroatoms. The first kappa shape index (κ1) is 15.2. The molecule has 0 saturated heterocycles. The van der Waals surface area contributed by atoms with Crippen LogP contribution in [-0.2, 0) is 21.0 Å². The van der Waals surface area contributed by atoms with E-state index in [-0.39, 0.29) is 12.5 Å². The Morgan fingerprint density at radius 3 is 2.26 bits per heavy atom. The average molecular weight is 263 g/mol. The van der Waals surface area contributed by atoms with Crippen molar-refractivity contribution in [2.24, 2.45) is 5.41 Å². The number of carbonyl (C=O) groups is 2. The van der Waals surface area contributed by atoms with Crippen molar-refractivity contribution in [1.29, 1.82) is 0 Å². The minimum Gasteiger partial charge on any atom is -0.338 e. The number of hydrogen-bond donors (Lipinski definition) is 0. The van der Waals surface area contributed by atoms with Crippen LogP contribution in [0.15, 0.2) is 30.3 Å². The van der Waals surface area contributed by atoms with E-state index in [4.69, 9.17) is 4.84 Å². The summed E-state index contributed by atoms with van der Waals surface area (Å²) in [6.07, 6.45) is 0.679. The maximum atomic E-state index is 12.4. The van der Waals surface area contributed by atoms with Gasteiger partial charge in [-0.25, -0.2) is 0 Å². The van der Waals surface area contributed by atoms with Crippen molar-refractivity contribution >= 4 is 11.9 Å². The lowest BCUT2D eigenvalue weighted by molar-refractivity contribution is -0.204. The quantitative estimate of drug-likeness (QED) is 0.785. The lowest BCUT2D eigenvalue weighted by Crippen LogP contribution is -2.41. The van der Waals surface area contributed by atoms with Gasteiger partial charge in [0.1, 0.15) is 0 Å². The molecule has 0 bridgehead atoms. The number of benzene rings is 1. The predicted molar refractivity (Wildman–Crippen MR) is 72.8 cm³/mol. The minimum absolute atomic E-state index is 0.186. The topological polar surface area (TPSA) is 46.6 Å². The molecular weight excluding hydrogens is 242 g/mol. The first-order chi connectivity index (χ1) is 8.86. The maximum absolute atomic E-state index is 12.4. The third kappa shape index (κ3) is 4.39. The number of nitrogens with zero attached hydrogens (tertiary/aromatic N) is 1. The van der Waals surface area contributed by atoms with Gasteiger partial charge in [0.25, 0.3) is 5.91 Å². The highest BCUT2D eigenvalue weighted by Crippen LogP contribution is 2.24. The molecule has 0 atom stereocenters. The van der Waals surface area contributed by atoms with Gasteiger partial charge < -0.3 is 4.84 Å².